The van der Waals surface area contributed by atoms with Crippen molar-refractivity contribution in [3.8, 4) is 0 Å². The van der Waals surface area contributed by atoms with Crippen molar-refractivity contribution in [2.24, 2.45) is 0 Å². The number of nitrogens with one attached hydrogen (secondary N) is 1. The number of amides is 2. The van der Waals surface area contributed by atoms with E-state index >= 15 is 0 Å². The minimum Gasteiger partial charge on any atom is -0.445 e. The number of likely N-dealkylation sites (N-methyl/N-ethyl adjacent to an activating group) is 2. The molecule has 1 fully saturated rings. The van der Waals surface area contributed by atoms with Crippen molar-refractivity contribution in [2.45, 2.75) is 44.9 Å². The Morgan fingerprint density at radius 3 is 2.44 bits per heavy atom. The van der Waals surface area contributed by atoms with E-state index in [0.717, 1.165) is 10.9 Å². The van der Waals surface area contributed by atoms with E-state index in [1.165, 1.54) is 20.7 Å². The second kappa shape index (κ2) is 12.7. The van der Waals surface area contributed by atoms with Gasteiger partial charge in [-0.3, -0.25) is 4.57 Å². The van der Waals surface area contributed by atoms with Crippen LogP contribution in [0.3, 0.4) is 0 Å². The first-order valence-corrected chi connectivity index (χ1v) is 15.2. The summed E-state index contributed by atoms with van der Waals surface area (Å²) in [6.45, 7) is 2.52. The molecule has 0 atom stereocenters. The first-order valence-electron chi connectivity index (χ1n) is 13.5. The lowest BCUT2D eigenvalue weighted by molar-refractivity contribution is 0.102. The third kappa shape index (κ3) is 7.24. The van der Waals surface area contributed by atoms with Crippen LogP contribution in [0.2, 0.25) is 0 Å². The molecule has 2 heterocycles. The first kappa shape index (κ1) is 30.1. The molecular weight excluding hydrogens is 548 g/mol. The summed E-state index contributed by atoms with van der Waals surface area (Å²) < 4.78 is 33.7. The minimum absolute atomic E-state index is 0.0933. The number of sulfonamides is 1. The lowest BCUT2D eigenvalue weighted by Gasteiger charge is -2.41. The molecule has 0 aliphatic heterocycles. The average molecular weight is 587 g/mol. The molecule has 0 radical (unpaired) electrons. The molecule has 41 heavy (non-hydrogen) atoms. The summed E-state index contributed by atoms with van der Waals surface area (Å²) in [5, 5.41) is 0.718. The Morgan fingerprint density at radius 2 is 1.76 bits per heavy atom. The second-order valence-electron chi connectivity index (χ2n) is 10.4. The van der Waals surface area contributed by atoms with E-state index < -0.39 is 16.1 Å². The average Bonchev–Trinajstić information content (AvgIpc) is 3.36. The molecule has 0 saturated heterocycles. The summed E-state index contributed by atoms with van der Waals surface area (Å²) in [7, 11) is 1.93. The van der Waals surface area contributed by atoms with Gasteiger partial charge in [0.05, 0.1) is 11.1 Å². The molecule has 2 aromatic heterocycles. The maximum atomic E-state index is 13.3. The molecule has 0 unspecified atom stereocenters. The predicted octanol–water partition coefficient (Wildman–Crippen LogP) is 2.48. The monoisotopic (exact) mass is 586 g/mol. The number of fused-ring (bicyclic) bond motifs is 1. The molecule has 2 amide bonds. The van der Waals surface area contributed by atoms with Gasteiger partial charge in [-0.05, 0) is 43.0 Å². The van der Waals surface area contributed by atoms with E-state index in [9.17, 15) is 18.0 Å². The zero-order valence-electron chi connectivity index (χ0n) is 23.9. The van der Waals surface area contributed by atoms with Crippen LogP contribution in [0, 0.1) is 0 Å². The number of carbonyl (C=O) groups is 2. The highest BCUT2D eigenvalue weighted by Gasteiger charge is 2.35. The van der Waals surface area contributed by atoms with E-state index in [0.29, 0.717) is 36.4 Å². The molecule has 0 spiro atoms. The number of nitrogens with zero attached hydrogens (tertiary/aromatic N) is 6. The third-order valence-corrected chi connectivity index (χ3v) is 8.87. The number of benzene rings is 1. The molecule has 1 saturated carbocycles. The van der Waals surface area contributed by atoms with Crippen LogP contribution in [-0.4, -0.2) is 96.9 Å². The van der Waals surface area contributed by atoms with Crippen molar-refractivity contribution in [1.82, 2.24) is 29.1 Å². The van der Waals surface area contributed by atoms with Crippen LogP contribution in [0.1, 0.15) is 31.7 Å². The first-order chi connectivity index (χ1) is 19.5. The Morgan fingerprint density at radius 1 is 1.07 bits per heavy atom. The molecule has 0 bridgehead atoms. The highest BCUT2D eigenvalue weighted by molar-refractivity contribution is 7.89. The lowest BCUT2D eigenvalue weighted by Crippen LogP contribution is -2.53. The van der Waals surface area contributed by atoms with Gasteiger partial charge in [0.2, 0.25) is 10.0 Å². The quantitative estimate of drug-likeness (QED) is 0.322. The van der Waals surface area contributed by atoms with Crippen molar-refractivity contribution < 1.29 is 22.7 Å². The van der Waals surface area contributed by atoms with E-state index in [-0.39, 0.29) is 43.6 Å². The molecule has 1 aliphatic carbocycles. The summed E-state index contributed by atoms with van der Waals surface area (Å²) in [5.41, 5.74) is 7.61. The Balaban J connectivity index is 1.32. The van der Waals surface area contributed by atoms with E-state index in [1.807, 2.05) is 18.9 Å². The highest BCUT2D eigenvalue weighted by Crippen LogP contribution is 2.32. The largest absolute Gasteiger partial charge is 0.445 e. The van der Waals surface area contributed by atoms with Gasteiger partial charge in [0.15, 0.2) is 5.65 Å². The smallest absolute Gasteiger partial charge is 0.409 e. The lowest BCUT2D eigenvalue weighted by atomic mass is 9.86. The molecule has 3 aromatic rings. The molecular formula is C27H38N8O5S. The van der Waals surface area contributed by atoms with Gasteiger partial charge in [-0.25, -0.2) is 32.7 Å². The maximum Gasteiger partial charge on any atom is 0.409 e. The van der Waals surface area contributed by atoms with Crippen molar-refractivity contribution in [3.05, 3.63) is 48.4 Å². The second-order valence-corrected chi connectivity index (χ2v) is 12.3. The molecule has 14 heteroatoms. The van der Waals surface area contributed by atoms with E-state index in [4.69, 9.17) is 10.5 Å². The van der Waals surface area contributed by atoms with Gasteiger partial charge < -0.3 is 25.2 Å². The fourth-order valence-corrected chi connectivity index (χ4v) is 6.02. The number of carbonyl (C=O) groups excluding carboxylic acids is 2. The maximum absolute atomic E-state index is 13.3. The van der Waals surface area contributed by atoms with Crippen molar-refractivity contribution >= 4 is 44.7 Å². The molecule has 3 N–H and O–H groups in total. The Labute approximate surface area is 240 Å². The third-order valence-electron chi connectivity index (χ3n) is 7.23. The van der Waals surface area contributed by atoms with Crippen molar-refractivity contribution in [1.29, 1.82) is 0 Å². The van der Waals surface area contributed by atoms with Crippen LogP contribution in [0.5, 0.6) is 0 Å². The van der Waals surface area contributed by atoms with Crippen LogP contribution in [0.15, 0.2) is 42.9 Å². The SMILES string of the molecule is CCCS(=O)(=O)N[C@H]1C[C@@H](N(C)c2ncnc3c2ccn3C(=O)N(C)CCN(C)C(=O)OCc2ccc(N)cc2)C1. The normalized spacial score (nSPS) is 16.7. The molecule has 1 aliphatic rings. The fraction of sp³-hybridized carbons (Fsp3) is 0.481. The minimum atomic E-state index is -3.26. The molecule has 13 nitrogen and oxygen atoms in total. The zero-order chi connectivity index (χ0) is 29.7. The predicted molar refractivity (Wildman–Crippen MR) is 157 cm³/mol. The van der Waals surface area contributed by atoms with E-state index in [1.54, 1.807) is 50.6 Å². The van der Waals surface area contributed by atoms with Crippen LogP contribution < -0.4 is 15.4 Å². The topological polar surface area (TPSA) is 156 Å². The van der Waals surface area contributed by atoms with Gasteiger partial charge in [0.25, 0.3) is 0 Å². The number of nitrogen functional groups attached to an aromatic ring is 1. The van der Waals surface area contributed by atoms with Gasteiger partial charge in [0.1, 0.15) is 18.8 Å². The molecule has 222 valence electrons. The summed E-state index contributed by atoms with van der Waals surface area (Å²) in [4.78, 5) is 39.4. The van der Waals surface area contributed by atoms with Gasteiger partial charge in [-0.1, -0.05) is 19.1 Å². The number of rotatable bonds is 11. The number of anilines is 2. The standard InChI is InChI=1S/C27H38N8O5S/c1-5-14-41(38,39)31-21-15-22(16-21)34(4)24-23-10-11-35(25(23)30-18-29-24)26(36)32(2)12-13-33(3)27(37)40-17-19-6-8-20(28)9-7-19/h6-11,18,21-22,31H,5,12-17,28H2,1-4H3/t21-,22+. The summed E-state index contributed by atoms with van der Waals surface area (Å²) in [6.07, 6.45) is 4.49. The van der Waals surface area contributed by atoms with Crippen LogP contribution in [0.25, 0.3) is 11.0 Å². The number of hydrogen-bond donors (Lipinski definition) is 2. The number of aromatic nitrogens is 3. The Bertz CT molecular complexity index is 1470. The highest BCUT2D eigenvalue weighted by atomic mass is 32.2. The van der Waals surface area contributed by atoms with Crippen LogP contribution >= 0.6 is 0 Å². The Hall–Kier alpha value is -3.91. The summed E-state index contributed by atoms with van der Waals surface area (Å²) in [6, 6.07) is 8.60. The van der Waals surface area contributed by atoms with Crippen molar-refractivity contribution in [2.75, 3.05) is 50.6 Å². The number of ether oxygens (including phenoxy) is 1. The van der Waals surface area contributed by atoms with Gasteiger partial charge in [-0.2, -0.15) is 0 Å². The van der Waals surface area contributed by atoms with Crippen molar-refractivity contribution in [3.63, 3.8) is 0 Å². The van der Waals surface area contributed by atoms with Gasteiger partial charge in [0, 0.05) is 58.2 Å². The fourth-order valence-electron chi connectivity index (χ4n) is 4.67. The van der Waals surface area contributed by atoms with E-state index in [2.05, 4.69) is 14.7 Å². The van der Waals surface area contributed by atoms with Gasteiger partial charge >= 0.3 is 12.1 Å². The van der Waals surface area contributed by atoms with Crippen LogP contribution in [0.4, 0.5) is 21.1 Å². The summed E-state index contributed by atoms with van der Waals surface area (Å²) >= 11 is 0. The van der Waals surface area contributed by atoms with Crippen LogP contribution in [-0.2, 0) is 21.4 Å². The van der Waals surface area contributed by atoms with Gasteiger partial charge in [-0.15, -0.1) is 0 Å². The Kier molecular flexibility index (Phi) is 9.33. The summed E-state index contributed by atoms with van der Waals surface area (Å²) in [5.74, 6) is 0.796. The number of hydrogen-bond acceptors (Lipinski definition) is 9. The molecule has 1 aromatic carbocycles. The number of nitrogens with two attached hydrogens (primary N) is 1. The molecule has 4 rings (SSSR count). The zero-order valence-corrected chi connectivity index (χ0v) is 24.7.